The lowest BCUT2D eigenvalue weighted by atomic mass is 9.94. The van der Waals surface area contributed by atoms with Crippen LogP contribution in [0, 0.1) is 6.92 Å². The number of amides is 1. The second kappa shape index (κ2) is 9.71. The minimum atomic E-state index is -0.942. The third-order valence-corrected chi connectivity index (χ3v) is 6.99. The van der Waals surface area contributed by atoms with Crippen LogP contribution in [-0.4, -0.2) is 42.0 Å². The molecule has 1 fully saturated rings. The largest absolute Gasteiger partial charge is 0.507 e. The van der Waals surface area contributed by atoms with E-state index in [0.717, 1.165) is 23.3 Å². The Kier molecular flexibility index (Phi) is 6.70. The number of aliphatic hydroxyl groups is 1. The number of benzene rings is 2. The van der Waals surface area contributed by atoms with Crippen LogP contribution in [0.4, 0.5) is 5.13 Å². The van der Waals surface area contributed by atoms with Crippen LogP contribution in [0.3, 0.4) is 0 Å². The van der Waals surface area contributed by atoms with Crippen molar-refractivity contribution < 1.29 is 29.0 Å². The Balaban J connectivity index is 1.93. The van der Waals surface area contributed by atoms with E-state index >= 15 is 0 Å². The number of ether oxygens (including phenoxy) is 2. The maximum Gasteiger partial charge on any atom is 0.350 e. The van der Waals surface area contributed by atoms with Crippen molar-refractivity contribution in [3.05, 3.63) is 81.4 Å². The summed E-state index contributed by atoms with van der Waals surface area (Å²) < 4.78 is 10.1. The first kappa shape index (κ1) is 24.2. The fourth-order valence-electron chi connectivity index (χ4n) is 3.97. The molecular formula is C26H24N2O6S. The van der Waals surface area contributed by atoms with Gasteiger partial charge in [-0.2, -0.15) is 0 Å². The van der Waals surface area contributed by atoms with Gasteiger partial charge in [0.15, 0.2) is 5.13 Å². The van der Waals surface area contributed by atoms with Crippen molar-refractivity contribution in [2.75, 3.05) is 19.1 Å². The fourth-order valence-corrected chi connectivity index (χ4v) is 4.99. The molecule has 0 spiro atoms. The first-order valence-corrected chi connectivity index (χ1v) is 11.7. The topological polar surface area (TPSA) is 106 Å². The number of hydrogen-bond donors (Lipinski definition) is 1. The van der Waals surface area contributed by atoms with Gasteiger partial charge in [0.05, 0.1) is 31.5 Å². The van der Waals surface area contributed by atoms with Gasteiger partial charge in [0.1, 0.15) is 16.4 Å². The van der Waals surface area contributed by atoms with E-state index < -0.39 is 23.7 Å². The Morgan fingerprint density at radius 3 is 2.49 bits per heavy atom. The lowest BCUT2D eigenvalue weighted by molar-refractivity contribution is -0.132. The number of carbonyl (C=O) groups excluding carboxylic acids is 3. The molecule has 3 aromatic rings. The molecule has 9 heteroatoms. The molecule has 1 atom stereocenters. The summed E-state index contributed by atoms with van der Waals surface area (Å²) in [7, 11) is 2.76. The number of Topliss-reactive ketones (excluding diaryl/α,β-unsaturated/α-hetero) is 1. The number of hydrogen-bond acceptors (Lipinski definition) is 8. The molecule has 1 amide bonds. The van der Waals surface area contributed by atoms with Crippen LogP contribution in [0.15, 0.2) is 54.1 Å². The quantitative estimate of drug-likeness (QED) is 0.235. The molecule has 1 N–H and O–H groups in total. The molecule has 0 saturated carbocycles. The lowest BCUT2D eigenvalue weighted by Gasteiger charge is -2.23. The number of thiazole rings is 1. The average molecular weight is 493 g/mol. The van der Waals surface area contributed by atoms with Crippen LogP contribution in [0.5, 0.6) is 5.75 Å². The highest BCUT2D eigenvalue weighted by Gasteiger charge is 2.48. The Morgan fingerprint density at radius 2 is 1.86 bits per heavy atom. The number of aliphatic hydroxyl groups excluding tert-OH is 1. The first-order valence-electron chi connectivity index (χ1n) is 10.9. The van der Waals surface area contributed by atoms with E-state index in [0.29, 0.717) is 22.6 Å². The van der Waals surface area contributed by atoms with Gasteiger partial charge in [0, 0.05) is 5.56 Å². The SMILES string of the molecule is CCc1ccc(C2/C(=C(\O)c3cccc(OC)c3)C(=O)C(=O)N2c2nc(C)c(C(=O)OC)s2)cc1. The van der Waals surface area contributed by atoms with E-state index in [9.17, 15) is 19.5 Å². The number of nitrogens with zero attached hydrogens (tertiary/aromatic N) is 2. The monoisotopic (exact) mass is 492 g/mol. The molecule has 2 heterocycles. The standard InChI is InChI=1S/C26H24N2O6S/c1-5-15-9-11-16(12-10-15)20-19(21(29)17-7-6-8-18(13-17)33-3)22(30)24(31)28(20)26-27-14(2)23(35-26)25(32)34-4/h6-13,20,29H,5H2,1-4H3/b21-19+. The third kappa shape index (κ3) is 4.30. The molecule has 1 aromatic heterocycles. The van der Waals surface area contributed by atoms with Crippen molar-refractivity contribution in [1.82, 2.24) is 4.98 Å². The number of aryl methyl sites for hydroxylation is 2. The van der Waals surface area contributed by atoms with Crippen molar-refractivity contribution in [1.29, 1.82) is 0 Å². The van der Waals surface area contributed by atoms with E-state index in [-0.39, 0.29) is 21.3 Å². The predicted molar refractivity (Wildman–Crippen MR) is 132 cm³/mol. The number of ketones is 1. The molecule has 1 aliphatic rings. The van der Waals surface area contributed by atoms with Crippen LogP contribution >= 0.6 is 11.3 Å². The number of aromatic nitrogens is 1. The van der Waals surface area contributed by atoms with Crippen molar-refractivity contribution >= 4 is 39.9 Å². The molecule has 1 saturated heterocycles. The number of anilines is 1. The highest BCUT2D eigenvalue weighted by atomic mass is 32.1. The van der Waals surface area contributed by atoms with Gasteiger partial charge in [-0.25, -0.2) is 9.78 Å². The van der Waals surface area contributed by atoms with Gasteiger partial charge in [-0.05, 0) is 36.6 Å². The molecule has 1 unspecified atom stereocenters. The average Bonchev–Trinajstić information content (AvgIpc) is 3.39. The Bertz CT molecular complexity index is 1340. The van der Waals surface area contributed by atoms with Crippen LogP contribution in [0.25, 0.3) is 5.76 Å². The molecule has 2 aromatic carbocycles. The lowest BCUT2D eigenvalue weighted by Crippen LogP contribution is -2.29. The van der Waals surface area contributed by atoms with Gasteiger partial charge in [0.25, 0.3) is 5.78 Å². The highest BCUT2D eigenvalue weighted by Crippen LogP contribution is 2.44. The maximum atomic E-state index is 13.3. The smallest absolute Gasteiger partial charge is 0.350 e. The van der Waals surface area contributed by atoms with Crippen molar-refractivity contribution in [3.63, 3.8) is 0 Å². The molecule has 35 heavy (non-hydrogen) atoms. The predicted octanol–water partition coefficient (Wildman–Crippen LogP) is 4.44. The van der Waals surface area contributed by atoms with Crippen LogP contribution < -0.4 is 9.64 Å². The Labute approximate surface area is 206 Å². The Hall–Kier alpha value is -3.98. The number of rotatable bonds is 6. The van der Waals surface area contributed by atoms with Crippen molar-refractivity contribution in [3.8, 4) is 5.75 Å². The van der Waals surface area contributed by atoms with Crippen LogP contribution in [0.2, 0.25) is 0 Å². The normalized spacial score (nSPS) is 17.0. The van der Waals surface area contributed by atoms with Gasteiger partial charge in [-0.1, -0.05) is 54.7 Å². The molecule has 4 rings (SSSR count). The summed E-state index contributed by atoms with van der Waals surface area (Å²) in [4.78, 5) is 44.6. The van der Waals surface area contributed by atoms with Gasteiger partial charge < -0.3 is 14.6 Å². The maximum absolute atomic E-state index is 13.3. The van der Waals surface area contributed by atoms with Crippen LogP contribution in [0.1, 0.15) is 45.0 Å². The summed E-state index contributed by atoms with van der Waals surface area (Å²) in [6, 6.07) is 13.1. The van der Waals surface area contributed by atoms with E-state index in [1.807, 2.05) is 31.2 Å². The molecular weight excluding hydrogens is 468 g/mol. The Morgan fingerprint density at radius 1 is 1.14 bits per heavy atom. The summed E-state index contributed by atoms with van der Waals surface area (Å²) in [5, 5.41) is 11.4. The van der Waals surface area contributed by atoms with Gasteiger partial charge in [0.2, 0.25) is 0 Å². The van der Waals surface area contributed by atoms with E-state index in [4.69, 9.17) is 9.47 Å². The second-order valence-corrected chi connectivity index (χ2v) is 8.88. The number of methoxy groups -OCH3 is 2. The second-order valence-electron chi connectivity index (χ2n) is 7.90. The first-order chi connectivity index (χ1) is 16.8. The zero-order valence-electron chi connectivity index (χ0n) is 19.7. The van der Waals surface area contributed by atoms with Gasteiger partial charge in [-0.3, -0.25) is 14.5 Å². The number of esters is 1. The van der Waals surface area contributed by atoms with Gasteiger partial charge in [-0.15, -0.1) is 0 Å². The molecule has 0 aliphatic carbocycles. The zero-order valence-corrected chi connectivity index (χ0v) is 20.5. The fraction of sp³-hybridized carbons (Fsp3) is 0.231. The van der Waals surface area contributed by atoms with E-state index in [1.54, 1.807) is 31.2 Å². The number of carbonyl (C=O) groups is 3. The molecule has 180 valence electrons. The minimum Gasteiger partial charge on any atom is -0.507 e. The third-order valence-electron chi connectivity index (χ3n) is 5.85. The summed E-state index contributed by atoms with van der Waals surface area (Å²) in [6.07, 6.45) is 0.818. The summed E-state index contributed by atoms with van der Waals surface area (Å²) in [5.74, 6) is -2.10. The molecule has 1 aliphatic heterocycles. The van der Waals surface area contributed by atoms with Crippen molar-refractivity contribution in [2.24, 2.45) is 0 Å². The van der Waals surface area contributed by atoms with Gasteiger partial charge >= 0.3 is 11.9 Å². The summed E-state index contributed by atoms with van der Waals surface area (Å²) >= 11 is 0.960. The summed E-state index contributed by atoms with van der Waals surface area (Å²) in [5.41, 5.74) is 2.35. The van der Waals surface area contributed by atoms with E-state index in [2.05, 4.69) is 4.98 Å². The highest BCUT2D eigenvalue weighted by molar-refractivity contribution is 7.17. The molecule has 0 radical (unpaired) electrons. The summed E-state index contributed by atoms with van der Waals surface area (Å²) in [6.45, 7) is 3.65. The zero-order chi connectivity index (χ0) is 25.3. The van der Waals surface area contributed by atoms with E-state index in [1.165, 1.54) is 19.1 Å². The minimum absolute atomic E-state index is 0.0695. The molecule has 8 nitrogen and oxygen atoms in total. The van der Waals surface area contributed by atoms with Crippen molar-refractivity contribution in [2.45, 2.75) is 26.3 Å². The van der Waals surface area contributed by atoms with Crippen LogP contribution in [-0.2, 0) is 20.7 Å². The molecule has 0 bridgehead atoms.